The lowest BCUT2D eigenvalue weighted by atomic mass is 9.37. The first-order chi connectivity index (χ1) is 20.2. The molecular weight excluding hydrogens is 544 g/mol. The van der Waals surface area contributed by atoms with E-state index in [9.17, 15) is 30.0 Å². The Labute approximate surface area is 256 Å². The quantitative estimate of drug-likeness (QED) is 0.313. The van der Waals surface area contributed by atoms with Gasteiger partial charge in [-0.3, -0.25) is 9.59 Å². The smallest absolute Gasteiger partial charge is 0.331 e. The standard InChI is InChI=1S/C36H52O7/c1-20(32(42)43)16-22(37)17-21-10-6-7-11-23-31(41)30-29-25(38)19-26-33(2,3)27(39)12-15-35(26,30)13-8-5-9-14-36(23)24(21)18-28(40)34(29,36)4/h16,21-26,28,37-38,40H,5-15,17-19H2,1-4H3,(H,42,43)/b20-16+/t21-,22-,23+,24-,25-,26-,28+,34+,35+,36-/m1/s1. The van der Waals surface area contributed by atoms with E-state index >= 15 is 4.79 Å². The molecule has 43 heavy (non-hydrogen) atoms. The van der Waals surface area contributed by atoms with E-state index < -0.39 is 45.9 Å². The summed E-state index contributed by atoms with van der Waals surface area (Å²) in [4.78, 5) is 40.1. The number of carbonyl (C=O) groups excluding carboxylic acids is 2. The van der Waals surface area contributed by atoms with Crippen molar-refractivity contribution in [1.82, 2.24) is 0 Å². The Hall–Kier alpha value is -1.83. The molecule has 0 aromatic carbocycles. The summed E-state index contributed by atoms with van der Waals surface area (Å²) in [6.07, 6.45) is 9.42. The average Bonchev–Trinajstić information content (AvgIpc) is 3.16. The predicted molar refractivity (Wildman–Crippen MR) is 162 cm³/mol. The molecule has 2 spiro atoms. The molecular formula is C36H52O7. The van der Waals surface area contributed by atoms with Crippen LogP contribution in [0.15, 0.2) is 22.8 Å². The summed E-state index contributed by atoms with van der Waals surface area (Å²) in [5.74, 6) is -1.02. The van der Waals surface area contributed by atoms with Crippen molar-refractivity contribution in [2.45, 2.75) is 136 Å². The molecule has 4 saturated carbocycles. The summed E-state index contributed by atoms with van der Waals surface area (Å²) in [6, 6.07) is 0. The number of aliphatic carboxylic acids is 1. The molecule has 2 bridgehead atoms. The maximum absolute atomic E-state index is 15.3. The number of fused-ring (bicyclic) bond motifs is 1. The number of hydrogen-bond donors (Lipinski definition) is 4. The summed E-state index contributed by atoms with van der Waals surface area (Å²) in [7, 11) is 0. The minimum absolute atomic E-state index is 0.0198. The van der Waals surface area contributed by atoms with Gasteiger partial charge in [0.25, 0.3) is 0 Å². The first-order valence-electron chi connectivity index (χ1n) is 17.0. The van der Waals surface area contributed by atoms with E-state index in [1.165, 1.54) is 13.0 Å². The highest BCUT2D eigenvalue weighted by atomic mass is 16.4. The summed E-state index contributed by atoms with van der Waals surface area (Å²) in [6.45, 7) is 7.68. The van der Waals surface area contributed by atoms with Gasteiger partial charge in [-0.2, -0.15) is 0 Å². The number of Topliss-reactive ketones (excluding diaryl/α,β-unsaturated/α-hetero) is 2. The normalized spacial score (nSPS) is 45.1. The largest absolute Gasteiger partial charge is 0.478 e. The van der Waals surface area contributed by atoms with Gasteiger partial charge in [-0.1, -0.05) is 59.3 Å². The number of carbonyl (C=O) groups is 3. The van der Waals surface area contributed by atoms with Crippen LogP contribution in [-0.2, 0) is 14.4 Å². The summed E-state index contributed by atoms with van der Waals surface area (Å²) in [5.41, 5.74) is -0.703. The Morgan fingerprint density at radius 1 is 0.977 bits per heavy atom. The number of aliphatic hydroxyl groups is 3. The summed E-state index contributed by atoms with van der Waals surface area (Å²) in [5, 5.41) is 44.9. The molecule has 0 aliphatic heterocycles. The highest BCUT2D eigenvalue weighted by Crippen LogP contribution is 2.76. The SMILES string of the molecule is C/C(=C\[C@@H](O)C[C@H]1CCCC[C@H]2C(=O)C3=C4[C@H](O)C[C@@H]5C(C)(C)C(=O)CC[C@]35CCCCC[C@]23[C@@H]1C[C@H](O)[C@@]43C)C(=O)O. The van der Waals surface area contributed by atoms with Crippen LogP contribution in [0.25, 0.3) is 0 Å². The van der Waals surface area contributed by atoms with Gasteiger partial charge in [0.15, 0.2) is 5.78 Å². The Bertz CT molecular complexity index is 1260. The fourth-order valence-electron chi connectivity index (χ4n) is 12.2. The fraction of sp³-hybridized carbons (Fsp3) is 0.806. The van der Waals surface area contributed by atoms with Gasteiger partial charge in [-0.15, -0.1) is 0 Å². The number of carboxylic acid groups (broad SMARTS) is 1. The molecule has 0 saturated heterocycles. The minimum Gasteiger partial charge on any atom is -0.478 e. The molecule has 0 radical (unpaired) electrons. The predicted octanol–water partition coefficient (Wildman–Crippen LogP) is 5.55. The zero-order valence-electron chi connectivity index (χ0n) is 26.5. The summed E-state index contributed by atoms with van der Waals surface area (Å²) >= 11 is 0. The maximum atomic E-state index is 15.3. The van der Waals surface area contributed by atoms with Gasteiger partial charge in [0.2, 0.25) is 0 Å². The number of allylic oxidation sites excluding steroid dienone is 1. The van der Waals surface area contributed by atoms with E-state index in [1.54, 1.807) is 0 Å². The molecule has 7 nitrogen and oxygen atoms in total. The topological polar surface area (TPSA) is 132 Å². The van der Waals surface area contributed by atoms with Crippen LogP contribution in [0.3, 0.4) is 0 Å². The van der Waals surface area contributed by atoms with E-state index in [4.69, 9.17) is 0 Å². The van der Waals surface area contributed by atoms with E-state index in [2.05, 4.69) is 6.92 Å². The van der Waals surface area contributed by atoms with Gasteiger partial charge in [-0.05, 0) is 86.7 Å². The van der Waals surface area contributed by atoms with Gasteiger partial charge < -0.3 is 20.4 Å². The van der Waals surface area contributed by atoms with Crippen molar-refractivity contribution in [2.75, 3.05) is 0 Å². The zero-order valence-corrected chi connectivity index (χ0v) is 26.5. The zero-order chi connectivity index (χ0) is 31.1. The molecule has 7 heteroatoms. The number of carboxylic acids is 1. The van der Waals surface area contributed by atoms with Crippen LogP contribution in [0.1, 0.15) is 118 Å². The maximum Gasteiger partial charge on any atom is 0.331 e. The van der Waals surface area contributed by atoms with Gasteiger partial charge in [0.05, 0.1) is 18.3 Å². The van der Waals surface area contributed by atoms with Gasteiger partial charge >= 0.3 is 5.97 Å². The number of aliphatic hydroxyl groups excluding tert-OH is 3. The second-order valence-corrected chi connectivity index (χ2v) is 16.0. The third kappa shape index (κ3) is 4.19. The van der Waals surface area contributed by atoms with Crippen molar-refractivity contribution in [3.05, 3.63) is 22.8 Å². The molecule has 238 valence electrons. The van der Waals surface area contributed by atoms with Crippen LogP contribution >= 0.6 is 0 Å². The molecule has 0 aromatic rings. The Balaban J connectivity index is 1.56. The Morgan fingerprint density at radius 3 is 2.40 bits per heavy atom. The molecule has 4 fully saturated rings. The van der Waals surface area contributed by atoms with E-state index in [-0.39, 0.29) is 40.8 Å². The number of ketones is 2. The first-order valence-corrected chi connectivity index (χ1v) is 17.0. The molecule has 6 aliphatic carbocycles. The van der Waals surface area contributed by atoms with Crippen LogP contribution in [-0.4, -0.2) is 56.3 Å². The second-order valence-electron chi connectivity index (χ2n) is 16.0. The van der Waals surface area contributed by atoms with E-state index in [1.807, 2.05) is 13.8 Å². The van der Waals surface area contributed by atoms with E-state index in [0.29, 0.717) is 32.1 Å². The summed E-state index contributed by atoms with van der Waals surface area (Å²) < 4.78 is 0. The highest BCUT2D eigenvalue weighted by Gasteiger charge is 2.74. The highest BCUT2D eigenvalue weighted by molar-refractivity contribution is 6.03. The average molecular weight is 597 g/mol. The molecule has 4 N–H and O–H groups in total. The van der Waals surface area contributed by atoms with Crippen molar-refractivity contribution >= 4 is 17.5 Å². The second kappa shape index (κ2) is 10.6. The van der Waals surface area contributed by atoms with Crippen LogP contribution in [0, 0.1) is 45.3 Å². The van der Waals surface area contributed by atoms with Crippen molar-refractivity contribution in [3.8, 4) is 0 Å². The molecule has 6 rings (SSSR count). The molecule has 0 aromatic heterocycles. The van der Waals surface area contributed by atoms with Crippen molar-refractivity contribution in [3.63, 3.8) is 0 Å². The molecule has 10 atom stereocenters. The third-order valence-corrected chi connectivity index (χ3v) is 14.1. The molecule has 0 amide bonds. The van der Waals surface area contributed by atoms with Crippen molar-refractivity contribution in [2.24, 2.45) is 45.3 Å². The van der Waals surface area contributed by atoms with Crippen LogP contribution in [0.5, 0.6) is 0 Å². The van der Waals surface area contributed by atoms with Gasteiger partial charge in [-0.25, -0.2) is 4.79 Å². The minimum atomic E-state index is -1.05. The lowest BCUT2D eigenvalue weighted by Gasteiger charge is -2.65. The van der Waals surface area contributed by atoms with Crippen molar-refractivity contribution < 1.29 is 34.8 Å². The Morgan fingerprint density at radius 2 is 1.67 bits per heavy atom. The first kappa shape index (κ1) is 31.2. The number of hydrogen-bond acceptors (Lipinski definition) is 6. The van der Waals surface area contributed by atoms with Crippen LogP contribution in [0.4, 0.5) is 0 Å². The number of rotatable bonds is 4. The Kier molecular flexibility index (Phi) is 7.70. The fourth-order valence-corrected chi connectivity index (χ4v) is 12.2. The monoisotopic (exact) mass is 596 g/mol. The van der Waals surface area contributed by atoms with Gasteiger partial charge in [0, 0.05) is 39.7 Å². The molecule has 0 heterocycles. The van der Waals surface area contributed by atoms with Gasteiger partial charge in [0.1, 0.15) is 5.78 Å². The molecule has 0 unspecified atom stereocenters. The lowest BCUT2D eigenvalue weighted by molar-refractivity contribution is -0.158. The lowest BCUT2D eigenvalue weighted by Crippen LogP contribution is -2.65. The third-order valence-electron chi connectivity index (χ3n) is 14.1. The van der Waals surface area contributed by atoms with Crippen LogP contribution in [0.2, 0.25) is 0 Å². The molecule has 6 aliphatic rings. The van der Waals surface area contributed by atoms with Crippen LogP contribution < -0.4 is 0 Å². The van der Waals surface area contributed by atoms with E-state index in [0.717, 1.165) is 68.9 Å². The van der Waals surface area contributed by atoms with Crippen molar-refractivity contribution in [1.29, 1.82) is 0 Å².